The molecular formula is C28H25FN8O2. The van der Waals surface area contributed by atoms with Crippen LogP contribution in [0.4, 0.5) is 15.9 Å². The Morgan fingerprint density at radius 2 is 2.00 bits per heavy atom. The van der Waals surface area contributed by atoms with E-state index in [1.807, 2.05) is 13.8 Å². The van der Waals surface area contributed by atoms with Crippen LogP contribution in [0.1, 0.15) is 23.7 Å². The van der Waals surface area contributed by atoms with E-state index < -0.39 is 5.82 Å². The third-order valence-electron chi connectivity index (χ3n) is 6.13. The van der Waals surface area contributed by atoms with Gasteiger partial charge in [0.15, 0.2) is 17.4 Å². The highest BCUT2D eigenvalue weighted by molar-refractivity contribution is 5.99. The fraction of sp³-hybridized carbons (Fsp3) is 0.143. The largest absolute Gasteiger partial charge is 0.421 e. The van der Waals surface area contributed by atoms with E-state index in [-0.39, 0.29) is 23.5 Å². The van der Waals surface area contributed by atoms with Crippen molar-refractivity contribution in [3.63, 3.8) is 0 Å². The first-order valence-corrected chi connectivity index (χ1v) is 12.1. The number of carbonyl (C=O) groups is 1. The number of nitrogens with zero attached hydrogens (tertiary/aromatic N) is 6. The van der Waals surface area contributed by atoms with E-state index in [1.165, 1.54) is 24.5 Å². The van der Waals surface area contributed by atoms with Crippen molar-refractivity contribution < 1.29 is 13.9 Å². The molecule has 0 aliphatic rings. The first-order valence-electron chi connectivity index (χ1n) is 12.1. The first-order chi connectivity index (χ1) is 18.8. The summed E-state index contributed by atoms with van der Waals surface area (Å²) in [5.74, 6) is -0.753. The van der Waals surface area contributed by atoms with Crippen molar-refractivity contribution in [2.45, 2.75) is 27.2 Å². The molecule has 0 atom stereocenters. The molecule has 11 heteroatoms. The summed E-state index contributed by atoms with van der Waals surface area (Å²) in [5.41, 5.74) is 12.1. The number of nitrogen functional groups attached to an aromatic ring is 1. The molecule has 4 aromatic heterocycles. The minimum atomic E-state index is -0.619. The summed E-state index contributed by atoms with van der Waals surface area (Å²) in [7, 11) is 0. The van der Waals surface area contributed by atoms with Crippen LogP contribution in [0.25, 0.3) is 28.1 Å². The topological polar surface area (TPSA) is 134 Å². The minimum absolute atomic E-state index is 0.0288. The molecule has 5 aromatic rings. The van der Waals surface area contributed by atoms with Gasteiger partial charge < -0.3 is 20.4 Å². The highest BCUT2D eigenvalue weighted by atomic mass is 19.1. The summed E-state index contributed by atoms with van der Waals surface area (Å²) in [6.45, 7) is 9.14. The maximum atomic E-state index is 15.4. The number of halogens is 1. The van der Waals surface area contributed by atoms with Crippen molar-refractivity contribution in [3.8, 4) is 28.8 Å². The van der Waals surface area contributed by atoms with E-state index in [9.17, 15) is 4.79 Å². The third kappa shape index (κ3) is 4.77. The number of hydrogen-bond acceptors (Lipinski definition) is 8. The molecule has 0 saturated heterocycles. The predicted molar refractivity (Wildman–Crippen MR) is 146 cm³/mol. The number of aryl methyl sites for hydroxylation is 3. The van der Waals surface area contributed by atoms with Gasteiger partial charge in [-0.05, 0) is 56.2 Å². The molecule has 0 aliphatic carbocycles. The molecule has 10 nitrogen and oxygen atoms in total. The number of anilines is 2. The van der Waals surface area contributed by atoms with Gasteiger partial charge in [0.25, 0.3) is 0 Å². The van der Waals surface area contributed by atoms with Crippen molar-refractivity contribution in [1.82, 2.24) is 29.5 Å². The highest BCUT2D eigenvalue weighted by Gasteiger charge is 2.25. The zero-order chi connectivity index (χ0) is 27.7. The Balaban J connectivity index is 1.69. The van der Waals surface area contributed by atoms with E-state index in [1.54, 1.807) is 42.1 Å². The van der Waals surface area contributed by atoms with Crippen molar-refractivity contribution in [2.24, 2.45) is 0 Å². The zero-order valence-electron chi connectivity index (χ0n) is 21.6. The lowest BCUT2D eigenvalue weighted by Gasteiger charge is -2.15. The van der Waals surface area contributed by atoms with Crippen LogP contribution in [0.2, 0.25) is 0 Å². The van der Waals surface area contributed by atoms with Crippen molar-refractivity contribution in [1.29, 1.82) is 0 Å². The van der Waals surface area contributed by atoms with E-state index in [4.69, 9.17) is 10.5 Å². The summed E-state index contributed by atoms with van der Waals surface area (Å²) < 4.78 is 22.8. The van der Waals surface area contributed by atoms with Gasteiger partial charge in [-0.3, -0.25) is 9.78 Å². The average molecular weight is 525 g/mol. The van der Waals surface area contributed by atoms with Crippen molar-refractivity contribution >= 4 is 28.4 Å². The van der Waals surface area contributed by atoms with Gasteiger partial charge in [0.05, 0.1) is 28.8 Å². The zero-order valence-corrected chi connectivity index (χ0v) is 21.6. The van der Waals surface area contributed by atoms with Crippen LogP contribution in [0.15, 0.2) is 61.7 Å². The Morgan fingerprint density at radius 3 is 2.69 bits per heavy atom. The summed E-state index contributed by atoms with van der Waals surface area (Å²) in [4.78, 5) is 33.4. The molecule has 196 valence electrons. The number of ether oxygens (including phenoxy) is 1. The second-order valence-electron chi connectivity index (χ2n) is 8.75. The molecule has 0 unspecified atom stereocenters. The minimum Gasteiger partial charge on any atom is -0.421 e. The number of pyridine rings is 1. The Hall–Kier alpha value is -5.19. The number of carbonyl (C=O) groups excluding carboxylic acids is 1. The molecule has 0 aliphatic heterocycles. The Bertz CT molecular complexity index is 1750. The van der Waals surface area contributed by atoms with E-state index in [0.29, 0.717) is 45.9 Å². The second kappa shape index (κ2) is 10.3. The van der Waals surface area contributed by atoms with Gasteiger partial charge in [0, 0.05) is 29.2 Å². The van der Waals surface area contributed by atoms with Crippen LogP contribution >= 0.6 is 0 Å². The SMILES string of the molecule is C=CC(=O)Nc1cnc(-c2c(CC)c3ncnc(N)c3n2-c2ccc(Oc3nccc(C)n3)c(F)c2)c(C)c1. The molecule has 3 N–H and O–H groups in total. The number of nitrogens with two attached hydrogens (primary N) is 1. The van der Waals surface area contributed by atoms with Crippen LogP contribution in [-0.4, -0.2) is 35.4 Å². The average Bonchev–Trinajstić information content (AvgIpc) is 3.25. The van der Waals surface area contributed by atoms with Gasteiger partial charge in [0.1, 0.15) is 11.8 Å². The standard InChI is InChI=1S/C28H25FN8O2/c1-5-19-24-26(27(30)34-14-33-24)37(25(19)23-15(3)11-17(13-32-23)36-22(38)6-2)18-7-8-21(20(29)12-18)39-28-31-10-9-16(4)35-28/h6-14H,2,5H2,1,3-4H3,(H,36,38)(H2,30,33,34). The molecule has 0 saturated carbocycles. The van der Waals surface area contributed by atoms with E-state index in [0.717, 1.165) is 11.1 Å². The maximum Gasteiger partial charge on any atom is 0.322 e. The quantitative estimate of drug-likeness (QED) is 0.281. The second-order valence-corrected chi connectivity index (χ2v) is 8.75. The normalized spacial score (nSPS) is 11.0. The predicted octanol–water partition coefficient (Wildman–Crippen LogP) is 5.09. The van der Waals surface area contributed by atoms with Crippen molar-refractivity contribution in [3.05, 3.63) is 84.3 Å². The number of hydrogen-bond donors (Lipinski definition) is 2. The molecule has 39 heavy (non-hydrogen) atoms. The molecule has 1 aromatic carbocycles. The molecule has 4 heterocycles. The van der Waals surface area contributed by atoms with Crippen LogP contribution in [0.3, 0.4) is 0 Å². The van der Waals surface area contributed by atoms with Crippen molar-refractivity contribution in [2.75, 3.05) is 11.1 Å². The number of benzene rings is 1. The van der Waals surface area contributed by atoms with Gasteiger partial charge in [-0.2, -0.15) is 0 Å². The molecule has 0 spiro atoms. The smallest absolute Gasteiger partial charge is 0.322 e. The number of rotatable bonds is 7. The summed E-state index contributed by atoms with van der Waals surface area (Å²) >= 11 is 0. The summed E-state index contributed by atoms with van der Waals surface area (Å²) in [6.07, 6.45) is 6.28. The summed E-state index contributed by atoms with van der Waals surface area (Å²) in [5, 5.41) is 2.72. The van der Waals surface area contributed by atoms with Gasteiger partial charge >= 0.3 is 6.01 Å². The summed E-state index contributed by atoms with van der Waals surface area (Å²) in [6, 6.07) is 8.12. The fourth-order valence-electron chi connectivity index (χ4n) is 4.40. The van der Waals surface area contributed by atoms with Gasteiger partial charge in [-0.25, -0.2) is 24.3 Å². The van der Waals surface area contributed by atoms with E-state index >= 15 is 4.39 Å². The number of aromatic nitrogens is 6. The third-order valence-corrected chi connectivity index (χ3v) is 6.13. The van der Waals surface area contributed by atoms with Crippen LogP contribution in [-0.2, 0) is 11.2 Å². The Morgan fingerprint density at radius 1 is 1.18 bits per heavy atom. The lowest BCUT2D eigenvalue weighted by atomic mass is 10.1. The molecule has 0 radical (unpaired) electrons. The molecule has 0 fully saturated rings. The van der Waals surface area contributed by atoms with Crippen LogP contribution < -0.4 is 15.8 Å². The van der Waals surface area contributed by atoms with Gasteiger partial charge in [0.2, 0.25) is 5.91 Å². The fourth-order valence-corrected chi connectivity index (χ4v) is 4.40. The van der Waals surface area contributed by atoms with Gasteiger partial charge in [-0.1, -0.05) is 13.5 Å². The molecule has 1 amide bonds. The van der Waals surface area contributed by atoms with Crippen LogP contribution in [0, 0.1) is 19.7 Å². The first kappa shape index (κ1) is 25.5. The molecule has 5 rings (SSSR count). The maximum absolute atomic E-state index is 15.4. The van der Waals surface area contributed by atoms with Gasteiger partial charge in [-0.15, -0.1) is 0 Å². The highest BCUT2D eigenvalue weighted by Crippen LogP contribution is 2.39. The monoisotopic (exact) mass is 524 g/mol. The Labute approximate surface area is 223 Å². The number of fused-ring (bicyclic) bond motifs is 1. The lowest BCUT2D eigenvalue weighted by molar-refractivity contribution is -0.111. The number of amides is 1. The lowest BCUT2D eigenvalue weighted by Crippen LogP contribution is -2.09. The molecule has 0 bridgehead atoms. The van der Waals surface area contributed by atoms with Crippen LogP contribution in [0.5, 0.6) is 11.8 Å². The Kier molecular flexibility index (Phi) is 6.72. The number of nitrogens with one attached hydrogen (secondary N) is 1. The molecular weight excluding hydrogens is 499 g/mol. The van der Waals surface area contributed by atoms with E-state index in [2.05, 4.69) is 36.8 Å².